The number of nitrogens with two attached hydrogens (primary N) is 1. The van der Waals surface area contributed by atoms with E-state index in [1.807, 2.05) is 0 Å². The van der Waals surface area contributed by atoms with E-state index in [2.05, 4.69) is 0 Å². The molecule has 0 unspecified atom stereocenters. The maximum absolute atomic E-state index is 12.2. The van der Waals surface area contributed by atoms with Crippen molar-refractivity contribution < 1.29 is 9.59 Å². The third-order valence-electron chi connectivity index (χ3n) is 4.21. The average Bonchev–Trinajstić information content (AvgIpc) is 2.67. The van der Waals surface area contributed by atoms with Gasteiger partial charge in [-0.2, -0.15) is 0 Å². The molecule has 1 fully saturated rings. The number of nitrogens with zero attached hydrogens (tertiary/aromatic N) is 1. The number of carbonyl (C=O) groups excluding carboxylic acids is 2. The molecule has 4 heteroatoms. The van der Waals surface area contributed by atoms with Gasteiger partial charge in [0.1, 0.15) is 0 Å². The first-order chi connectivity index (χ1) is 9.16. The molecule has 0 saturated heterocycles. The minimum Gasteiger partial charge on any atom is -0.328 e. The van der Waals surface area contributed by atoms with Crippen LogP contribution in [0.4, 0.5) is 0 Å². The topological polar surface area (TPSA) is 63.4 Å². The quantitative estimate of drug-likeness (QED) is 0.823. The number of hydrogen-bond acceptors (Lipinski definition) is 3. The van der Waals surface area contributed by atoms with Crippen LogP contribution in [0.25, 0.3) is 0 Å². The van der Waals surface area contributed by atoms with Crippen molar-refractivity contribution in [1.29, 1.82) is 0 Å². The molecule has 2 amide bonds. The molecule has 2 aliphatic rings. The Morgan fingerprint density at radius 3 is 2.05 bits per heavy atom. The van der Waals surface area contributed by atoms with Gasteiger partial charge in [0.05, 0.1) is 11.1 Å². The van der Waals surface area contributed by atoms with Crippen LogP contribution < -0.4 is 5.73 Å². The van der Waals surface area contributed by atoms with E-state index >= 15 is 0 Å². The fourth-order valence-corrected chi connectivity index (χ4v) is 3.03. The number of benzene rings is 1. The van der Waals surface area contributed by atoms with Crippen LogP contribution >= 0.6 is 0 Å². The maximum atomic E-state index is 12.2. The van der Waals surface area contributed by atoms with Crippen molar-refractivity contribution in [1.82, 2.24) is 4.90 Å². The van der Waals surface area contributed by atoms with Crippen molar-refractivity contribution >= 4 is 11.8 Å². The second-order valence-electron chi connectivity index (χ2n) is 5.55. The van der Waals surface area contributed by atoms with Gasteiger partial charge in [-0.25, -0.2) is 0 Å². The molecule has 1 aromatic carbocycles. The lowest BCUT2D eigenvalue weighted by molar-refractivity contribution is 0.0615. The number of amides is 2. The van der Waals surface area contributed by atoms with Gasteiger partial charge in [-0.05, 0) is 43.7 Å². The van der Waals surface area contributed by atoms with E-state index in [0.717, 1.165) is 25.7 Å². The van der Waals surface area contributed by atoms with Crippen LogP contribution in [0.5, 0.6) is 0 Å². The molecule has 100 valence electrons. The van der Waals surface area contributed by atoms with Gasteiger partial charge in [0.25, 0.3) is 11.8 Å². The van der Waals surface area contributed by atoms with Crippen LogP contribution in [0.2, 0.25) is 0 Å². The molecule has 2 N–H and O–H groups in total. The molecule has 1 aromatic rings. The summed E-state index contributed by atoms with van der Waals surface area (Å²) in [6, 6.07) is 7.34. The predicted octanol–water partition coefficient (Wildman–Crippen LogP) is 1.80. The number of imide groups is 1. The highest BCUT2D eigenvalue weighted by atomic mass is 16.2. The van der Waals surface area contributed by atoms with Gasteiger partial charge in [-0.1, -0.05) is 12.1 Å². The van der Waals surface area contributed by atoms with Crippen LogP contribution in [0.3, 0.4) is 0 Å². The van der Waals surface area contributed by atoms with E-state index in [-0.39, 0.29) is 11.8 Å². The van der Waals surface area contributed by atoms with E-state index in [1.54, 1.807) is 24.3 Å². The maximum Gasteiger partial charge on any atom is 0.261 e. The van der Waals surface area contributed by atoms with Crippen molar-refractivity contribution in [2.24, 2.45) is 11.7 Å². The van der Waals surface area contributed by atoms with Gasteiger partial charge < -0.3 is 5.73 Å². The summed E-state index contributed by atoms with van der Waals surface area (Å²) in [5, 5.41) is 0. The molecule has 4 nitrogen and oxygen atoms in total. The minimum absolute atomic E-state index is 0.143. The molecule has 19 heavy (non-hydrogen) atoms. The Kier molecular flexibility index (Phi) is 3.11. The van der Waals surface area contributed by atoms with Crippen molar-refractivity contribution in [3.8, 4) is 0 Å². The first-order valence-corrected chi connectivity index (χ1v) is 6.87. The number of rotatable bonds is 2. The zero-order valence-electron chi connectivity index (χ0n) is 10.8. The third kappa shape index (κ3) is 2.16. The van der Waals surface area contributed by atoms with Gasteiger partial charge >= 0.3 is 0 Å². The Bertz CT molecular complexity index is 484. The van der Waals surface area contributed by atoms with Gasteiger partial charge in [-0.3, -0.25) is 14.5 Å². The van der Waals surface area contributed by atoms with E-state index in [1.165, 1.54) is 4.90 Å². The predicted molar refractivity (Wildman–Crippen MR) is 71.7 cm³/mol. The smallest absolute Gasteiger partial charge is 0.261 e. The van der Waals surface area contributed by atoms with Crippen LogP contribution in [-0.2, 0) is 0 Å². The molecule has 0 spiro atoms. The van der Waals surface area contributed by atoms with E-state index in [0.29, 0.717) is 29.6 Å². The Labute approximate surface area is 112 Å². The second-order valence-corrected chi connectivity index (χ2v) is 5.55. The molecule has 0 bridgehead atoms. The lowest BCUT2D eigenvalue weighted by atomic mass is 9.86. The summed E-state index contributed by atoms with van der Waals surface area (Å²) in [6.07, 6.45) is 4.00. The van der Waals surface area contributed by atoms with Gasteiger partial charge in [0.15, 0.2) is 0 Å². The Morgan fingerprint density at radius 2 is 1.53 bits per heavy atom. The summed E-state index contributed by atoms with van der Waals surface area (Å²) in [4.78, 5) is 25.9. The van der Waals surface area contributed by atoms with Crippen molar-refractivity contribution in [2.75, 3.05) is 6.54 Å². The van der Waals surface area contributed by atoms with Gasteiger partial charge in [0, 0.05) is 12.6 Å². The summed E-state index contributed by atoms with van der Waals surface area (Å²) in [5.74, 6) is 0.118. The second kappa shape index (κ2) is 4.78. The van der Waals surface area contributed by atoms with Gasteiger partial charge in [-0.15, -0.1) is 0 Å². The third-order valence-corrected chi connectivity index (χ3v) is 4.21. The Morgan fingerprint density at radius 1 is 1.00 bits per heavy atom. The van der Waals surface area contributed by atoms with Crippen LogP contribution in [-0.4, -0.2) is 29.3 Å². The molecule has 1 saturated carbocycles. The van der Waals surface area contributed by atoms with Crippen molar-refractivity contribution in [3.05, 3.63) is 35.4 Å². The standard InChI is InChI=1S/C15H18N2O2/c16-11-7-5-10(6-8-11)9-17-14(18)12-3-1-2-4-13(12)15(17)19/h1-4,10-11H,5-9,16H2. The summed E-state index contributed by atoms with van der Waals surface area (Å²) in [7, 11) is 0. The molecule has 1 heterocycles. The normalized spacial score (nSPS) is 26.7. The summed E-state index contributed by atoms with van der Waals surface area (Å²) < 4.78 is 0. The summed E-state index contributed by atoms with van der Waals surface area (Å²) in [5.41, 5.74) is 6.96. The Balaban J connectivity index is 1.74. The van der Waals surface area contributed by atoms with Gasteiger partial charge in [0.2, 0.25) is 0 Å². The molecule has 1 aliphatic heterocycles. The lowest BCUT2D eigenvalue weighted by Gasteiger charge is -2.28. The van der Waals surface area contributed by atoms with E-state index in [9.17, 15) is 9.59 Å². The zero-order chi connectivity index (χ0) is 13.4. The molecule has 1 aliphatic carbocycles. The van der Waals surface area contributed by atoms with Crippen molar-refractivity contribution in [2.45, 2.75) is 31.7 Å². The Hall–Kier alpha value is -1.68. The number of fused-ring (bicyclic) bond motifs is 1. The lowest BCUT2D eigenvalue weighted by Crippen LogP contribution is -2.37. The molecule has 0 aromatic heterocycles. The number of hydrogen-bond donors (Lipinski definition) is 1. The summed E-state index contributed by atoms with van der Waals surface area (Å²) >= 11 is 0. The zero-order valence-corrected chi connectivity index (χ0v) is 10.8. The fraction of sp³-hybridized carbons (Fsp3) is 0.467. The molecule has 3 rings (SSSR count). The average molecular weight is 258 g/mol. The number of carbonyl (C=O) groups is 2. The van der Waals surface area contributed by atoms with Crippen LogP contribution in [0, 0.1) is 5.92 Å². The van der Waals surface area contributed by atoms with E-state index in [4.69, 9.17) is 5.73 Å². The largest absolute Gasteiger partial charge is 0.328 e. The van der Waals surface area contributed by atoms with Crippen LogP contribution in [0.15, 0.2) is 24.3 Å². The SMILES string of the molecule is NC1CCC(CN2C(=O)c3ccccc3C2=O)CC1. The molecule has 0 radical (unpaired) electrons. The monoisotopic (exact) mass is 258 g/mol. The summed E-state index contributed by atoms with van der Waals surface area (Å²) in [6.45, 7) is 0.541. The highest BCUT2D eigenvalue weighted by Crippen LogP contribution is 2.28. The highest BCUT2D eigenvalue weighted by Gasteiger charge is 2.36. The van der Waals surface area contributed by atoms with Crippen molar-refractivity contribution in [3.63, 3.8) is 0 Å². The van der Waals surface area contributed by atoms with E-state index < -0.39 is 0 Å². The fourth-order valence-electron chi connectivity index (χ4n) is 3.03. The first-order valence-electron chi connectivity index (χ1n) is 6.87. The first kappa shape index (κ1) is 12.4. The minimum atomic E-state index is -0.143. The molecule has 0 atom stereocenters. The van der Waals surface area contributed by atoms with Crippen LogP contribution in [0.1, 0.15) is 46.4 Å². The highest BCUT2D eigenvalue weighted by molar-refractivity contribution is 6.21. The molecular weight excluding hydrogens is 240 g/mol. The molecular formula is C15H18N2O2.